The molecule has 0 aliphatic heterocycles. The van der Waals surface area contributed by atoms with E-state index >= 15 is 0 Å². The molecule has 1 aliphatic carbocycles. The third kappa shape index (κ3) is 7.00. The Hall–Kier alpha value is -3.01. The van der Waals surface area contributed by atoms with Gasteiger partial charge in [-0.15, -0.1) is 24.8 Å². The Balaban J connectivity index is 0.00000216. The van der Waals surface area contributed by atoms with Gasteiger partial charge in [0.05, 0.1) is 24.7 Å². The second-order valence-electron chi connectivity index (χ2n) is 7.90. The highest BCUT2D eigenvalue weighted by Gasteiger charge is 2.26. The minimum Gasteiger partial charge on any atom is -0.497 e. The Morgan fingerprint density at radius 3 is 2.49 bits per heavy atom. The summed E-state index contributed by atoms with van der Waals surface area (Å²) in [5.41, 5.74) is 12.4. The molecular formula is C23H28Cl3N7O2. The predicted molar refractivity (Wildman–Crippen MR) is 145 cm³/mol. The number of ether oxygens (including phenoxy) is 1. The van der Waals surface area contributed by atoms with Gasteiger partial charge in [-0.05, 0) is 55.3 Å². The molecule has 1 fully saturated rings. The number of nitrogens with zero attached hydrogens (tertiary/aromatic N) is 3. The van der Waals surface area contributed by atoms with E-state index in [2.05, 4.69) is 25.6 Å². The molecule has 2 atom stereocenters. The average molecular weight is 541 g/mol. The van der Waals surface area contributed by atoms with Crippen LogP contribution >= 0.6 is 36.4 Å². The fraction of sp³-hybridized carbons (Fsp3) is 0.304. The van der Waals surface area contributed by atoms with Crippen LogP contribution in [0.25, 0.3) is 10.9 Å². The molecular weight excluding hydrogens is 513 g/mol. The monoisotopic (exact) mass is 539 g/mol. The lowest BCUT2D eigenvalue weighted by Gasteiger charge is -2.30. The lowest BCUT2D eigenvalue weighted by atomic mass is 9.90. The van der Waals surface area contributed by atoms with Crippen LogP contribution in [0.4, 0.5) is 11.8 Å². The molecule has 1 saturated carbocycles. The highest BCUT2D eigenvalue weighted by molar-refractivity contribution is 6.31. The number of amides is 1. The maximum Gasteiger partial charge on any atom is 0.258 e. The summed E-state index contributed by atoms with van der Waals surface area (Å²) in [5.74, 6) is 1.15. The number of aromatic nitrogens is 2. The zero-order valence-electron chi connectivity index (χ0n) is 19.0. The van der Waals surface area contributed by atoms with E-state index in [9.17, 15) is 4.79 Å². The van der Waals surface area contributed by atoms with Crippen LogP contribution in [0.3, 0.4) is 0 Å². The Labute approximate surface area is 220 Å². The molecule has 12 heteroatoms. The lowest BCUT2D eigenvalue weighted by molar-refractivity contribution is 0.102. The van der Waals surface area contributed by atoms with Crippen molar-refractivity contribution in [2.45, 2.75) is 37.8 Å². The zero-order valence-corrected chi connectivity index (χ0v) is 21.4. The summed E-state index contributed by atoms with van der Waals surface area (Å²) in [6.45, 7) is 0. The Bertz CT molecular complexity index is 1190. The van der Waals surface area contributed by atoms with Gasteiger partial charge in [0, 0.05) is 16.0 Å². The minimum atomic E-state index is -0.326. The van der Waals surface area contributed by atoms with Gasteiger partial charge in [-0.3, -0.25) is 10.1 Å². The number of benzene rings is 2. The number of hydrogen-bond acceptors (Lipinski definition) is 6. The number of nitrogens with two attached hydrogens (primary N) is 2. The van der Waals surface area contributed by atoms with Crippen molar-refractivity contribution in [3.8, 4) is 5.75 Å². The minimum absolute atomic E-state index is 0. The van der Waals surface area contributed by atoms with Gasteiger partial charge in [-0.1, -0.05) is 24.4 Å². The molecule has 9 nitrogen and oxygen atoms in total. The molecule has 0 saturated heterocycles. The van der Waals surface area contributed by atoms with Crippen LogP contribution in [0.2, 0.25) is 5.02 Å². The topological polar surface area (TPSA) is 141 Å². The number of halogens is 3. The molecule has 4 rings (SSSR count). The van der Waals surface area contributed by atoms with Gasteiger partial charge < -0.3 is 21.5 Å². The number of methoxy groups -OCH3 is 1. The molecule has 35 heavy (non-hydrogen) atoms. The van der Waals surface area contributed by atoms with Crippen LogP contribution < -0.4 is 26.8 Å². The summed E-state index contributed by atoms with van der Waals surface area (Å²) < 4.78 is 5.15. The van der Waals surface area contributed by atoms with Gasteiger partial charge >= 0.3 is 0 Å². The first-order valence-corrected chi connectivity index (χ1v) is 11.1. The molecule has 1 aliphatic rings. The maximum atomic E-state index is 12.8. The van der Waals surface area contributed by atoms with Crippen molar-refractivity contribution in [3.05, 3.63) is 53.1 Å². The number of anilines is 2. The Kier molecular flexibility index (Phi) is 10.2. The van der Waals surface area contributed by atoms with Crippen LogP contribution in [0, 0.1) is 0 Å². The molecule has 3 aromatic rings. The Morgan fingerprint density at radius 2 is 1.80 bits per heavy atom. The van der Waals surface area contributed by atoms with Gasteiger partial charge in [0.15, 0.2) is 5.96 Å². The first kappa shape index (κ1) is 28.2. The van der Waals surface area contributed by atoms with Gasteiger partial charge in [0.1, 0.15) is 11.6 Å². The number of carbonyl (C=O) groups is 1. The zero-order chi connectivity index (χ0) is 23.4. The standard InChI is InChI=1S/C23H26ClN7O2.2ClH/c1-33-15-9-6-13(7-10-15)21(32)31-23-29-17-11-8-14(24)12-16(17)20(30-23)27-18-4-2-3-5-19(18)28-22(25)26;;/h6-12,18-19H,2-5H2,1H3,(H4,25,26,28)(H2,27,29,30,31,32);2*1H/t18-,19+;;/m0../s1. The van der Waals surface area contributed by atoms with Crippen molar-refractivity contribution in [1.29, 1.82) is 0 Å². The van der Waals surface area contributed by atoms with Crippen molar-refractivity contribution >= 4 is 71.0 Å². The molecule has 188 valence electrons. The molecule has 1 aromatic heterocycles. The first-order valence-electron chi connectivity index (χ1n) is 10.7. The SMILES string of the molecule is COc1ccc(C(=O)Nc2nc(N[C@H]3CCCC[C@H]3N=C(N)N)c3cc(Cl)ccc3n2)cc1.Cl.Cl. The largest absolute Gasteiger partial charge is 0.497 e. The number of carbonyl (C=O) groups excluding carboxylic acids is 1. The van der Waals surface area contributed by atoms with E-state index in [0.29, 0.717) is 27.7 Å². The number of guanidine groups is 1. The predicted octanol–water partition coefficient (Wildman–Crippen LogP) is 4.38. The Morgan fingerprint density at radius 1 is 1.09 bits per heavy atom. The number of nitrogens with one attached hydrogen (secondary N) is 2. The highest BCUT2D eigenvalue weighted by Crippen LogP contribution is 2.30. The second kappa shape index (κ2) is 12.6. The number of fused-ring (bicyclic) bond motifs is 1. The molecule has 0 spiro atoms. The fourth-order valence-electron chi connectivity index (χ4n) is 3.98. The van der Waals surface area contributed by atoms with Crippen LogP contribution in [-0.2, 0) is 0 Å². The van der Waals surface area contributed by atoms with E-state index in [1.54, 1.807) is 49.6 Å². The summed E-state index contributed by atoms with van der Waals surface area (Å²) in [5, 5.41) is 7.57. The van der Waals surface area contributed by atoms with Crippen LogP contribution in [-0.4, -0.2) is 41.0 Å². The summed E-state index contributed by atoms with van der Waals surface area (Å²) >= 11 is 6.24. The summed E-state index contributed by atoms with van der Waals surface area (Å²) in [6, 6.07) is 12.1. The van der Waals surface area contributed by atoms with Crippen molar-refractivity contribution in [2.24, 2.45) is 16.5 Å². The van der Waals surface area contributed by atoms with Gasteiger partial charge in [-0.2, -0.15) is 4.98 Å². The van der Waals surface area contributed by atoms with Crippen molar-refractivity contribution in [3.63, 3.8) is 0 Å². The lowest BCUT2D eigenvalue weighted by Crippen LogP contribution is -2.38. The van der Waals surface area contributed by atoms with E-state index in [1.165, 1.54) is 0 Å². The summed E-state index contributed by atoms with van der Waals surface area (Å²) in [7, 11) is 1.57. The molecule has 2 aromatic carbocycles. The van der Waals surface area contributed by atoms with E-state index in [4.69, 9.17) is 27.8 Å². The van der Waals surface area contributed by atoms with Crippen molar-refractivity contribution in [2.75, 3.05) is 17.7 Å². The molecule has 1 heterocycles. The highest BCUT2D eigenvalue weighted by atomic mass is 35.5. The molecule has 1 amide bonds. The second-order valence-corrected chi connectivity index (χ2v) is 8.33. The molecule has 6 N–H and O–H groups in total. The van der Waals surface area contributed by atoms with Crippen LogP contribution in [0.1, 0.15) is 36.0 Å². The van der Waals surface area contributed by atoms with Crippen molar-refractivity contribution in [1.82, 2.24) is 9.97 Å². The number of rotatable bonds is 6. The van der Waals surface area contributed by atoms with Gasteiger partial charge in [0.25, 0.3) is 5.91 Å². The first-order chi connectivity index (χ1) is 15.9. The molecule has 0 radical (unpaired) electrons. The van der Waals surface area contributed by atoms with Gasteiger partial charge in [-0.25, -0.2) is 9.98 Å². The third-order valence-electron chi connectivity index (χ3n) is 5.60. The average Bonchev–Trinajstić information content (AvgIpc) is 2.80. The molecule has 0 bridgehead atoms. The van der Waals surface area contributed by atoms with Crippen LogP contribution in [0.5, 0.6) is 5.75 Å². The normalized spacial score (nSPS) is 16.9. The van der Waals surface area contributed by atoms with Crippen molar-refractivity contribution < 1.29 is 9.53 Å². The van der Waals surface area contributed by atoms with E-state index in [0.717, 1.165) is 31.1 Å². The molecule has 0 unspecified atom stereocenters. The van der Waals surface area contributed by atoms with E-state index in [-0.39, 0.29) is 54.7 Å². The fourth-order valence-corrected chi connectivity index (χ4v) is 4.16. The summed E-state index contributed by atoms with van der Waals surface area (Å²) in [6.07, 6.45) is 3.87. The third-order valence-corrected chi connectivity index (χ3v) is 5.84. The van der Waals surface area contributed by atoms with E-state index in [1.807, 2.05) is 0 Å². The van der Waals surface area contributed by atoms with Crippen LogP contribution in [0.15, 0.2) is 47.5 Å². The summed E-state index contributed by atoms with van der Waals surface area (Å²) in [4.78, 5) is 26.3. The maximum absolute atomic E-state index is 12.8. The smallest absolute Gasteiger partial charge is 0.258 e. The quantitative estimate of drug-likeness (QED) is 0.268. The van der Waals surface area contributed by atoms with E-state index < -0.39 is 0 Å². The number of hydrogen-bond donors (Lipinski definition) is 4. The van der Waals surface area contributed by atoms with Gasteiger partial charge in [0.2, 0.25) is 5.95 Å². The number of aliphatic imine (C=N–C) groups is 1.